The lowest BCUT2D eigenvalue weighted by Gasteiger charge is -2.05. The predicted octanol–water partition coefficient (Wildman–Crippen LogP) is 0.940. The molecule has 0 aliphatic heterocycles. The van der Waals surface area contributed by atoms with Gasteiger partial charge in [-0.05, 0) is 25.1 Å². The van der Waals surface area contributed by atoms with Crippen molar-refractivity contribution in [3.8, 4) is 0 Å². The Morgan fingerprint density at radius 3 is 2.71 bits per heavy atom. The summed E-state index contributed by atoms with van der Waals surface area (Å²) < 4.78 is 11.2. The summed E-state index contributed by atoms with van der Waals surface area (Å²) in [5, 5.41) is 0. The summed E-state index contributed by atoms with van der Waals surface area (Å²) in [6.45, 7) is 5.94. The molecule has 0 bridgehead atoms. The van der Waals surface area contributed by atoms with Crippen LogP contribution in [0.1, 0.15) is 17.3 Å². The van der Waals surface area contributed by atoms with Gasteiger partial charge >= 0.3 is 11.7 Å². The molecular formula is C22H22N6O5S. The number of thiazole rings is 1. The lowest BCUT2D eigenvalue weighted by atomic mass is 10.2. The number of hydrogen-bond acceptors (Lipinski definition) is 7. The Balaban J connectivity index is 1.77. The largest absolute Gasteiger partial charge is 0.462 e. The highest BCUT2D eigenvalue weighted by Crippen LogP contribution is 2.20. The highest BCUT2D eigenvalue weighted by Gasteiger charge is 2.17. The van der Waals surface area contributed by atoms with Crippen LogP contribution in [0.2, 0.25) is 0 Å². The van der Waals surface area contributed by atoms with Crippen molar-refractivity contribution in [2.45, 2.75) is 20.0 Å². The maximum atomic E-state index is 12.9. The van der Waals surface area contributed by atoms with E-state index in [0.717, 1.165) is 14.8 Å². The molecule has 1 amide bonds. The van der Waals surface area contributed by atoms with E-state index >= 15 is 0 Å². The number of ether oxygens (including phenoxy) is 1. The smallest absolute Gasteiger partial charge is 0.338 e. The molecule has 4 rings (SSSR count). The Morgan fingerprint density at radius 1 is 1.24 bits per heavy atom. The molecule has 34 heavy (non-hydrogen) atoms. The molecule has 0 N–H and O–H groups in total. The number of amides is 1. The highest BCUT2D eigenvalue weighted by atomic mass is 32.1. The zero-order valence-electron chi connectivity index (χ0n) is 18.8. The van der Waals surface area contributed by atoms with E-state index in [-0.39, 0.29) is 24.3 Å². The topological polar surface area (TPSA) is 122 Å². The number of rotatable bonds is 6. The quantitative estimate of drug-likeness (QED) is 0.298. The van der Waals surface area contributed by atoms with Gasteiger partial charge in [-0.1, -0.05) is 17.4 Å². The van der Waals surface area contributed by atoms with Crippen LogP contribution in [0.5, 0.6) is 0 Å². The standard InChI is InChI=1S/C22H22N6O5S/c1-5-9-28-14-8-7-13(20(31)33-6-2)10-15(14)34-21(28)24-16(29)11-27-12-23-18-17(27)19(30)26(4)22(32)25(18)3/h5,7-8,10,12H,1,6,9,11H2,2-4H3. The van der Waals surface area contributed by atoms with Gasteiger partial charge in [-0.3, -0.25) is 18.7 Å². The molecular weight excluding hydrogens is 460 g/mol. The first-order chi connectivity index (χ1) is 16.3. The fraction of sp³-hybridized carbons (Fsp3) is 0.273. The van der Waals surface area contributed by atoms with Crippen molar-refractivity contribution < 1.29 is 14.3 Å². The molecule has 0 saturated heterocycles. The maximum Gasteiger partial charge on any atom is 0.338 e. The van der Waals surface area contributed by atoms with Crippen LogP contribution >= 0.6 is 11.3 Å². The SMILES string of the molecule is C=CCn1c(=NC(=O)Cn2cnc3c2c(=O)n(C)c(=O)n3C)sc2cc(C(=O)OCC)ccc21. The van der Waals surface area contributed by atoms with Crippen LogP contribution in [-0.2, 0) is 36.7 Å². The summed E-state index contributed by atoms with van der Waals surface area (Å²) in [6.07, 6.45) is 3.02. The van der Waals surface area contributed by atoms with Crippen LogP contribution in [0, 0.1) is 0 Å². The number of fused-ring (bicyclic) bond motifs is 2. The highest BCUT2D eigenvalue weighted by molar-refractivity contribution is 7.16. The van der Waals surface area contributed by atoms with Crippen LogP contribution in [-0.4, -0.2) is 41.7 Å². The van der Waals surface area contributed by atoms with Gasteiger partial charge in [0.25, 0.3) is 11.5 Å². The summed E-state index contributed by atoms with van der Waals surface area (Å²) in [6, 6.07) is 5.14. The van der Waals surface area contributed by atoms with Gasteiger partial charge < -0.3 is 13.9 Å². The van der Waals surface area contributed by atoms with E-state index < -0.39 is 23.1 Å². The average Bonchev–Trinajstić information content (AvgIpc) is 3.37. The van der Waals surface area contributed by atoms with Crippen molar-refractivity contribution in [2.75, 3.05) is 6.61 Å². The van der Waals surface area contributed by atoms with E-state index in [0.29, 0.717) is 16.9 Å². The molecule has 0 unspecified atom stereocenters. The second-order valence-corrected chi connectivity index (χ2v) is 8.45. The molecule has 4 aromatic rings. The van der Waals surface area contributed by atoms with Gasteiger partial charge in [0.05, 0.1) is 28.7 Å². The Kier molecular flexibility index (Phi) is 6.16. The molecule has 0 saturated carbocycles. The number of hydrogen-bond donors (Lipinski definition) is 0. The number of aryl methyl sites for hydroxylation is 1. The molecule has 11 nitrogen and oxygen atoms in total. The minimum atomic E-state index is -0.543. The van der Waals surface area contributed by atoms with Gasteiger partial charge in [-0.25, -0.2) is 14.6 Å². The predicted molar refractivity (Wildman–Crippen MR) is 127 cm³/mol. The van der Waals surface area contributed by atoms with E-state index in [9.17, 15) is 19.2 Å². The minimum Gasteiger partial charge on any atom is -0.462 e. The normalized spacial score (nSPS) is 11.9. The molecule has 3 aromatic heterocycles. The van der Waals surface area contributed by atoms with E-state index in [1.807, 2.05) is 4.57 Å². The van der Waals surface area contributed by atoms with E-state index in [2.05, 4.69) is 16.6 Å². The summed E-state index contributed by atoms with van der Waals surface area (Å²) in [4.78, 5) is 58.5. The first kappa shape index (κ1) is 23.1. The van der Waals surface area contributed by atoms with Gasteiger partial charge in [0.2, 0.25) is 0 Å². The number of carbonyl (C=O) groups is 2. The molecule has 0 atom stereocenters. The summed E-state index contributed by atoms with van der Waals surface area (Å²) in [5.74, 6) is -0.934. The van der Waals surface area contributed by atoms with Crippen LogP contribution in [0.4, 0.5) is 0 Å². The number of nitrogens with zero attached hydrogens (tertiary/aromatic N) is 6. The van der Waals surface area contributed by atoms with Crippen LogP contribution in [0.15, 0.2) is 51.8 Å². The fourth-order valence-electron chi connectivity index (χ4n) is 3.61. The summed E-state index contributed by atoms with van der Waals surface area (Å²) in [7, 11) is 2.88. The van der Waals surface area contributed by atoms with Crippen molar-refractivity contribution in [3.63, 3.8) is 0 Å². The van der Waals surface area contributed by atoms with Crippen molar-refractivity contribution in [3.05, 3.63) is 68.4 Å². The lowest BCUT2D eigenvalue weighted by Crippen LogP contribution is -2.37. The van der Waals surface area contributed by atoms with Crippen LogP contribution < -0.4 is 16.1 Å². The van der Waals surface area contributed by atoms with Gasteiger partial charge in [-0.2, -0.15) is 4.99 Å². The number of esters is 1. The molecule has 0 spiro atoms. The third-order valence-corrected chi connectivity index (χ3v) is 6.29. The number of allylic oxidation sites excluding steroid dienone is 1. The molecule has 0 radical (unpaired) electrons. The number of carbonyl (C=O) groups excluding carboxylic acids is 2. The second-order valence-electron chi connectivity index (χ2n) is 7.44. The summed E-state index contributed by atoms with van der Waals surface area (Å²) in [5.41, 5.74) is 0.487. The molecule has 0 fully saturated rings. The third kappa shape index (κ3) is 3.92. The number of benzene rings is 1. The Morgan fingerprint density at radius 2 is 2.00 bits per heavy atom. The van der Waals surface area contributed by atoms with Gasteiger partial charge in [-0.15, -0.1) is 6.58 Å². The Labute approximate surface area is 196 Å². The average molecular weight is 483 g/mol. The van der Waals surface area contributed by atoms with Crippen LogP contribution in [0.3, 0.4) is 0 Å². The van der Waals surface area contributed by atoms with Crippen molar-refractivity contribution in [2.24, 2.45) is 19.1 Å². The third-order valence-electron chi connectivity index (χ3n) is 5.25. The molecule has 0 aliphatic rings. The number of imidazole rings is 1. The zero-order chi connectivity index (χ0) is 24.6. The second kappa shape index (κ2) is 9.06. The first-order valence-corrected chi connectivity index (χ1v) is 11.2. The lowest BCUT2D eigenvalue weighted by molar-refractivity contribution is -0.118. The zero-order valence-corrected chi connectivity index (χ0v) is 19.7. The summed E-state index contributed by atoms with van der Waals surface area (Å²) >= 11 is 1.25. The van der Waals surface area contributed by atoms with E-state index in [4.69, 9.17) is 4.74 Å². The molecule has 0 aliphatic carbocycles. The maximum absolute atomic E-state index is 12.9. The van der Waals surface area contributed by atoms with Gasteiger partial charge in [0.15, 0.2) is 16.0 Å². The van der Waals surface area contributed by atoms with Crippen molar-refractivity contribution in [1.29, 1.82) is 0 Å². The van der Waals surface area contributed by atoms with Crippen molar-refractivity contribution in [1.82, 2.24) is 23.3 Å². The van der Waals surface area contributed by atoms with Crippen LogP contribution in [0.25, 0.3) is 21.4 Å². The molecule has 3 heterocycles. The fourth-order valence-corrected chi connectivity index (χ4v) is 4.71. The Hall–Kier alpha value is -4.06. The van der Waals surface area contributed by atoms with E-state index in [1.54, 1.807) is 31.2 Å². The minimum absolute atomic E-state index is 0.141. The molecule has 12 heteroatoms. The van der Waals surface area contributed by atoms with Gasteiger partial charge in [0, 0.05) is 20.6 Å². The first-order valence-electron chi connectivity index (χ1n) is 10.4. The monoisotopic (exact) mass is 482 g/mol. The molecule has 1 aromatic carbocycles. The van der Waals surface area contributed by atoms with Crippen molar-refractivity contribution >= 4 is 44.6 Å². The Bertz CT molecular complexity index is 1650. The van der Waals surface area contributed by atoms with E-state index in [1.165, 1.54) is 40.9 Å². The number of aromatic nitrogens is 5. The van der Waals surface area contributed by atoms with Gasteiger partial charge in [0.1, 0.15) is 6.54 Å². The molecule has 176 valence electrons.